The van der Waals surface area contributed by atoms with Crippen molar-refractivity contribution in [3.8, 4) is 0 Å². The predicted octanol–water partition coefficient (Wildman–Crippen LogP) is 2.86. The number of ether oxygens (including phenoxy) is 1. The first-order valence-electron chi connectivity index (χ1n) is 6.56. The Kier molecular flexibility index (Phi) is 7.95. The van der Waals surface area contributed by atoms with Crippen LogP contribution >= 0.6 is 0 Å². The molecule has 16 heavy (non-hydrogen) atoms. The standard InChI is InChI=1S/C13H25NO2/c15-11-8-6-4-2-1-3-5-7-9-14-10-12-16-13-14/h10,12,15H,1-9,11,13H2. The third kappa shape index (κ3) is 6.72. The van der Waals surface area contributed by atoms with E-state index in [-0.39, 0.29) is 0 Å². The molecule has 0 radical (unpaired) electrons. The molecule has 1 heterocycles. The fourth-order valence-corrected chi connectivity index (χ4v) is 1.94. The number of nitrogens with zero attached hydrogens (tertiary/aromatic N) is 1. The summed E-state index contributed by atoms with van der Waals surface area (Å²) < 4.78 is 5.12. The highest BCUT2D eigenvalue weighted by molar-refractivity contribution is 4.79. The fraction of sp³-hybridized carbons (Fsp3) is 0.846. The van der Waals surface area contributed by atoms with Gasteiger partial charge in [0.05, 0.1) is 0 Å². The van der Waals surface area contributed by atoms with E-state index in [0.29, 0.717) is 6.61 Å². The lowest BCUT2D eigenvalue weighted by atomic mass is 10.1. The van der Waals surface area contributed by atoms with Crippen molar-refractivity contribution in [2.24, 2.45) is 0 Å². The Labute approximate surface area is 99.1 Å². The van der Waals surface area contributed by atoms with Crippen LogP contribution in [0.3, 0.4) is 0 Å². The first-order valence-corrected chi connectivity index (χ1v) is 6.56. The minimum atomic E-state index is 0.353. The second-order valence-electron chi connectivity index (χ2n) is 4.45. The molecule has 0 fully saturated rings. The van der Waals surface area contributed by atoms with E-state index in [1.165, 1.54) is 44.9 Å². The van der Waals surface area contributed by atoms with Gasteiger partial charge in [0.1, 0.15) is 6.26 Å². The summed E-state index contributed by atoms with van der Waals surface area (Å²) in [5.74, 6) is 0. The van der Waals surface area contributed by atoms with Gasteiger partial charge in [0.2, 0.25) is 0 Å². The molecule has 0 spiro atoms. The van der Waals surface area contributed by atoms with Gasteiger partial charge in [-0.2, -0.15) is 0 Å². The van der Waals surface area contributed by atoms with Gasteiger partial charge in [-0.05, 0) is 12.8 Å². The summed E-state index contributed by atoms with van der Waals surface area (Å²) >= 11 is 0. The molecule has 0 saturated carbocycles. The molecular weight excluding hydrogens is 202 g/mol. The normalized spacial score (nSPS) is 14.4. The van der Waals surface area contributed by atoms with Gasteiger partial charge in [-0.3, -0.25) is 0 Å². The number of hydrogen-bond acceptors (Lipinski definition) is 3. The average molecular weight is 227 g/mol. The summed E-state index contributed by atoms with van der Waals surface area (Å²) in [5.41, 5.74) is 0. The van der Waals surface area contributed by atoms with Gasteiger partial charge >= 0.3 is 0 Å². The summed E-state index contributed by atoms with van der Waals surface area (Å²) in [6.45, 7) is 2.22. The lowest BCUT2D eigenvalue weighted by Gasteiger charge is -2.12. The number of aliphatic hydroxyl groups is 1. The number of hydrogen-bond donors (Lipinski definition) is 1. The fourth-order valence-electron chi connectivity index (χ4n) is 1.94. The van der Waals surface area contributed by atoms with E-state index in [1.54, 1.807) is 6.26 Å². The van der Waals surface area contributed by atoms with E-state index < -0.39 is 0 Å². The van der Waals surface area contributed by atoms with Crippen molar-refractivity contribution < 1.29 is 9.84 Å². The zero-order valence-electron chi connectivity index (χ0n) is 10.2. The highest BCUT2D eigenvalue weighted by Gasteiger charge is 2.02. The van der Waals surface area contributed by atoms with Crippen LogP contribution in [0.15, 0.2) is 12.5 Å². The second-order valence-corrected chi connectivity index (χ2v) is 4.45. The highest BCUT2D eigenvalue weighted by atomic mass is 16.5. The Balaban J connectivity index is 1.73. The Bertz CT molecular complexity index is 183. The zero-order chi connectivity index (χ0) is 11.5. The lowest BCUT2D eigenvalue weighted by molar-refractivity contribution is 0.169. The van der Waals surface area contributed by atoms with Gasteiger partial charge in [0.25, 0.3) is 0 Å². The van der Waals surface area contributed by atoms with E-state index in [9.17, 15) is 0 Å². The monoisotopic (exact) mass is 227 g/mol. The highest BCUT2D eigenvalue weighted by Crippen LogP contribution is 2.10. The molecule has 0 aromatic rings. The van der Waals surface area contributed by atoms with Crippen molar-refractivity contribution in [3.63, 3.8) is 0 Å². The van der Waals surface area contributed by atoms with Gasteiger partial charge in [0, 0.05) is 19.4 Å². The number of unbranched alkanes of at least 4 members (excludes halogenated alkanes) is 7. The van der Waals surface area contributed by atoms with Gasteiger partial charge in [-0.15, -0.1) is 0 Å². The van der Waals surface area contributed by atoms with E-state index >= 15 is 0 Å². The molecule has 0 aromatic heterocycles. The first-order chi connectivity index (χ1) is 7.93. The smallest absolute Gasteiger partial charge is 0.160 e. The summed E-state index contributed by atoms with van der Waals surface area (Å²) in [6, 6.07) is 0. The van der Waals surface area contributed by atoms with E-state index in [2.05, 4.69) is 4.90 Å². The van der Waals surface area contributed by atoms with E-state index in [4.69, 9.17) is 9.84 Å². The molecule has 1 rings (SSSR count). The molecule has 0 amide bonds. The summed E-state index contributed by atoms with van der Waals surface area (Å²) in [6.07, 6.45) is 13.8. The van der Waals surface area contributed by atoms with Gasteiger partial charge in [0.15, 0.2) is 6.73 Å². The predicted molar refractivity (Wildman–Crippen MR) is 65.8 cm³/mol. The van der Waals surface area contributed by atoms with Crippen molar-refractivity contribution in [3.05, 3.63) is 12.5 Å². The largest absolute Gasteiger partial charge is 0.479 e. The topological polar surface area (TPSA) is 32.7 Å². The third-order valence-electron chi connectivity index (χ3n) is 2.96. The zero-order valence-corrected chi connectivity index (χ0v) is 10.2. The van der Waals surface area contributed by atoms with Gasteiger partial charge in [-0.25, -0.2) is 0 Å². The molecule has 1 aliphatic rings. The van der Waals surface area contributed by atoms with E-state index in [0.717, 1.165) is 19.7 Å². The second kappa shape index (κ2) is 9.52. The van der Waals surface area contributed by atoms with Crippen molar-refractivity contribution in [1.29, 1.82) is 0 Å². The lowest BCUT2D eigenvalue weighted by Crippen LogP contribution is -2.16. The van der Waals surface area contributed by atoms with Crippen LogP contribution in [0.2, 0.25) is 0 Å². The molecular formula is C13H25NO2. The van der Waals surface area contributed by atoms with Gasteiger partial charge in [-0.1, -0.05) is 38.5 Å². The maximum absolute atomic E-state index is 8.62. The molecule has 1 aliphatic heterocycles. The summed E-state index contributed by atoms with van der Waals surface area (Å²) in [5, 5.41) is 8.62. The van der Waals surface area contributed by atoms with Crippen molar-refractivity contribution in [2.45, 2.75) is 51.4 Å². The first kappa shape index (κ1) is 13.4. The molecule has 3 heteroatoms. The molecule has 0 unspecified atom stereocenters. The average Bonchev–Trinajstić information content (AvgIpc) is 2.80. The van der Waals surface area contributed by atoms with Crippen LogP contribution in [-0.4, -0.2) is 29.9 Å². The van der Waals surface area contributed by atoms with Crippen LogP contribution < -0.4 is 0 Å². The molecule has 0 aliphatic carbocycles. The van der Waals surface area contributed by atoms with Crippen LogP contribution in [0, 0.1) is 0 Å². The maximum atomic E-state index is 8.62. The molecule has 0 bridgehead atoms. The molecule has 3 nitrogen and oxygen atoms in total. The van der Waals surface area contributed by atoms with Gasteiger partial charge < -0.3 is 14.7 Å². The minimum Gasteiger partial charge on any atom is -0.479 e. The quantitative estimate of drug-likeness (QED) is 0.582. The molecule has 0 saturated heterocycles. The van der Waals surface area contributed by atoms with Crippen LogP contribution in [-0.2, 0) is 4.74 Å². The minimum absolute atomic E-state index is 0.353. The SMILES string of the molecule is OCCCCCCCCCCN1C=COC1. The summed E-state index contributed by atoms with van der Waals surface area (Å²) in [7, 11) is 0. The third-order valence-corrected chi connectivity index (χ3v) is 2.96. The molecule has 94 valence electrons. The Hall–Kier alpha value is -0.700. The van der Waals surface area contributed by atoms with Crippen molar-refractivity contribution >= 4 is 0 Å². The van der Waals surface area contributed by atoms with E-state index in [1.807, 2.05) is 6.20 Å². The van der Waals surface area contributed by atoms with Crippen molar-refractivity contribution in [2.75, 3.05) is 19.9 Å². The molecule has 1 N–H and O–H groups in total. The number of aliphatic hydroxyl groups excluding tert-OH is 1. The Morgan fingerprint density at radius 2 is 1.56 bits per heavy atom. The van der Waals surface area contributed by atoms with Crippen molar-refractivity contribution in [1.82, 2.24) is 4.90 Å². The molecule has 0 atom stereocenters. The van der Waals surface area contributed by atoms with Crippen LogP contribution in [0.5, 0.6) is 0 Å². The van der Waals surface area contributed by atoms with Crippen LogP contribution in [0.25, 0.3) is 0 Å². The van der Waals surface area contributed by atoms with Crippen LogP contribution in [0.1, 0.15) is 51.4 Å². The Morgan fingerprint density at radius 1 is 0.938 bits per heavy atom. The maximum Gasteiger partial charge on any atom is 0.160 e. The number of rotatable bonds is 10. The summed E-state index contributed by atoms with van der Waals surface area (Å²) in [4.78, 5) is 2.21. The molecule has 0 aromatic carbocycles. The van der Waals surface area contributed by atoms with Crippen LogP contribution in [0.4, 0.5) is 0 Å². The Morgan fingerprint density at radius 3 is 2.12 bits per heavy atom.